The summed E-state index contributed by atoms with van der Waals surface area (Å²) in [5.74, 6) is 1.86. The zero-order valence-electron chi connectivity index (χ0n) is 13.9. The summed E-state index contributed by atoms with van der Waals surface area (Å²) in [5.41, 5.74) is -0.0801. The highest BCUT2D eigenvalue weighted by atomic mass is 32.2. The first-order valence-electron chi connectivity index (χ1n) is 7.93. The van der Waals surface area contributed by atoms with Crippen LogP contribution in [0.15, 0.2) is 6.33 Å². The van der Waals surface area contributed by atoms with E-state index in [0.29, 0.717) is 30.5 Å². The van der Waals surface area contributed by atoms with Crippen LogP contribution in [0.25, 0.3) is 0 Å². The highest BCUT2D eigenvalue weighted by molar-refractivity contribution is 7.99. The maximum atomic E-state index is 13.0. The van der Waals surface area contributed by atoms with Crippen molar-refractivity contribution in [3.8, 4) is 0 Å². The van der Waals surface area contributed by atoms with Crippen LogP contribution in [0.1, 0.15) is 33.6 Å². The minimum atomic E-state index is -0.391. The van der Waals surface area contributed by atoms with Crippen molar-refractivity contribution in [1.82, 2.24) is 19.7 Å². The number of aromatic nitrogens is 3. The van der Waals surface area contributed by atoms with Crippen LogP contribution in [0.4, 0.5) is 5.95 Å². The summed E-state index contributed by atoms with van der Waals surface area (Å²) in [6.07, 6.45) is 2.79. The van der Waals surface area contributed by atoms with Crippen LogP contribution in [0, 0.1) is 5.41 Å². The molecule has 2 aliphatic rings. The molecular weight excluding hydrogens is 314 g/mol. The topological polar surface area (TPSA) is 71.3 Å². The first-order valence-corrected chi connectivity index (χ1v) is 9.09. The lowest BCUT2D eigenvalue weighted by atomic mass is 9.91. The molecule has 3 rings (SSSR count). The molecule has 0 unspecified atom stereocenters. The van der Waals surface area contributed by atoms with E-state index in [1.807, 2.05) is 20.8 Å². The molecule has 0 saturated carbocycles. The predicted molar refractivity (Wildman–Crippen MR) is 89.0 cm³/mol. The zero-order chi connectivity index (χ0) is 16.6. The number of amides is 2. The maximum Gasteiger partial charge on any atom is 0.253 e. The summed E-state index contributed by atoms with van der Waals surface area (Å²) >= 11 is 1.64. The van der Waals surface area contributed by atoms with Crippen molar-refractivity contribution < 1.29 is 9.59 Å². The molecule has 3 heterocycles. The smallest absolute Gasteiger partial charge is 0.253 e. The molecule has 1 saturated heterocycles. The van der Waals surface area contributed by atoms with Gasteiger partial charge in [0.1, 0.15) is 12.4 Å². The van der Waals surface area contributed by atoms with Crippen LogP contribution in [-0.2, 0) is 16.1 Å². The number of thioether (sulfide) groups is 1. The van der Waals surface area contributed by atoms with Crippen molar-refractivity contribution in [3.63, 3.8) is 0 Å². The van der Waals surface area contributed by atoms with Gasteiger partial charge in [0.05, 0.1) is 5.88 Å². The first kappa shape index (κ1) is 16.3. The third-order valence-corrected chi connectivity index (χ3v) is 5.04. The van der Waals surface area contributed by atoms with Gasteiger partial charge in [-0.1, -0.05) is 20.8 Å². The Morgan fingerprint density at radius 3 is 2.87 bits per heavy atom. The summed E-state index contributed by atoms with van der Waals surface area (Å²) in [6.45, 7) is 7.54. The largest absolute Gasteiger partial charge is 0.321 e. The summed E-state index contributed by atoms with van der Waals surface area (Å²) in [4.78, 5) is 33.2. The van der Waals surface area contributed by atoms with Crippen molar-refractivity contribution in [1.29, 1.82) is 0 Å². The molecule has 23 heavy (non-hydrogen) atoms. The van der Waals surface area contributed by atoms with Gasteiger partial charge >= 0.3 is 0 Å². The number of hydrogen-bond donors (Lipinski definition) is 0. The number of fused-ring (bicyclic) bond motifs is 1. The quantitative estimate of drug-likeness (QED) is 0.815. The Hall–Kier alpha value is -1.57. The van der Waals surface area contributed by atoms with Gasteiger partial charge in [-0.25, -0.2) is 4.68 Å². The minimum absolute atomic E-state index is 0.0359. The SMILES string of the molecule is CC(C)(C)CC(=O)N1CSC[C@H]1C(=O)N1CCCn2ncnc21. The molecule has 2 amide bonds. The summed E-state index contributed by atoms with van der Waals surface area (Å²) in [6, 6.07) is -0.391. The van der Waals surface area contributed by atoms with Gasteiger partial charge in [0.15, 0.2) is 0 Å². The van der Waals surface area contributed by atoms with Crippen LogP contribution in [0.2, 0.25) is 0 Å². The first-order chi connectivity index (χ1) is 10.9. The molecule has 1 aromatic heterocycles. The van der Waals surface area contributed by atoms with E-state index < -0.39 is 6.04 Å². The molecule has 0 aromatic carbocycles. The van der Waals surface area contributed by atoms with Crippen molar-refractivity contribution in [2.75, 3.05) is 23.1 Å². The fraction of sp³-hybridized carbons (Fsp3) is 0.733. The van der Waals surface area contributed by atoms with Crippen molar-refractivity contribution in [2.24, 2.45) is 5.41 Å². The molecule has 0 radical (unpaired) electrons. The molecule has 1 aromatic rings. The van der Waals surface area contributed by atoms with E-state index >= 15 is 0 Å². The fourth-order valence-corrected chi connectivity index (χ4v) is 4.11. The van der Waals surface area contributed by atoms with Crippen molar-refractivity contribution in [2.45, 2.75) is 46.2 Å². The number of carbonyl (C=O) groups excluding carboxylic acids is 2. The van der Waals surface area contributed by atoms with E-state index in [2.05, 4.69) is 10.1 Å². The molecule has 1 atom stereocenters. The van der Waals surface area contributed by atoms with Crippen LogP contribution in [0.5, 0.6) is 0 Å². The molecule has 126 valence electrons. The molecule has 0 N–H and O–H groups in total. The average Bonchev–Trinajstić information content (AvgIpc) is 3.12. The molecular formula is C15H23N5O2S. The van der Waals surface area contributed by atoms with Crippen LogP contribution in [-0.4, -0.2) is 55.7 Å². The van der Waals surface area contributed by atoms with Gasteiger partial charge in [0, 0.05) is 25.3 Å². The monoisotopic (exact) mass is 337 g/mol. The van der Waals surface area contributed by atoms with Crippen LogP contribution in [0.3, 0.4) is 0 Å². The van der Waals surface area contributed by atoms with Crippen molar-refractivity contribution in [3.05, 3.63) is 6.33 Å². The van der Waals surface area contributed by atoms with Gasteiger partial charge in [-0.05, 0) is 11.8 Å². The number of nitrogens with zero attached hydrogens (tertiary/aromatic N) is 5. The number of carbonyl (C=O) groups is 2. The third kappa shape index (κ3) is 3.36. The second-order valence-corrected chi connectivity index (χ2v) is 8.24. The van der Waals surface area contributed by atoms with Gasteiger partial charge in [-0.3, -0.25) is 14.5 Å². The summed E-state index contributed by atoms with van der Waals surface area (Å²) in [5, 5.41) is 4.14. The Labute approximate surface area is 140 Å². The Bertz CT molecular complexity index is 609. The fourth-order valence-electron chi connectivity index (χ4n) is 2.94. The van der Waals surface area contributed by atoms with E-state index in [1.54, 1.807) is 26.2 Å². The van der Waals surface area contributed by atoms with Gasteiger partial charge in [-0.15, -0.1) is 11.8 Å². The predicted octanol–water partition coefficient (Wildman–Crippen LogP) is 1.35. The highest BCUT2D eigenvalue weighted by Gasteiger charge is 2.39. The van der Waals surface area contributed by atoms with E-state index in [1.165, 1.54) is 6.33 Å². The van der Waals surface area contributed by atoms with E-state index in [4.69, 9.17) is 0 Å². The van der Waals surface area contributed by atoms with Gasteiger partial charge in [0.25, 0.3) is 5.91 Å². The highest BCUT2D eigenvalue weighted by Crippen LogP contribution is 2.29. The third-order valence-electron chi connectivity index (χ3n) is 4.02. The second-order valence-electron chi connectivity index (χ2n) is 7.24. The second kappa shape index (κ2) is 6.14. The number of aryl methyl sites for hydroxylation is 1. The Kier molecular flexibility index (Phi) is 4.35. The molecule has 0 spiro atoms. The van der Waals surface area contributed by atoms with Gasteiger partial charge < -0.3 is 4.90 Å². The van der Waals surface area contributed by atoms with Gasteiger partial charge in [-0.2, -0.15) is 10.1 Å². The van der Waals surface area contributed by atoms with E-state index in [9.17, 15) is 9.59 Å². The summed E-state index contributed by atoms with van der Waals surface area (Å²) < 4.78 is 1.75. The molecule has 7 nitrogen and oxygen atoms in total. The van der Waals surface area contributed by atoms with Crippen molar-refractivity contribution >= 4 is 29.5 Å². The van der Waals surface area contributed by atoms with Crippen LogP contribution >= 0.6 is 11.8 Å². The van der Waals surface area contributed by atoms with E-state index in [0.717, 1.165) is 13.0 Å². The lowest BCUT2D eigenvalue weighted by Gasteiger charge is -2.32. The number of hydrogen-bond acceptors (Lipinski definition) is 5. The van der Waals surface area contributed by atoms with Gasteiger partial charge in [0.2, 0.25) is 11.9 Å². The zero-order valence-corrected chi connectivity index (χ0v) is 14.7. The Morgan fingerprint density at radius 2 is 2.13 bits per heavy atom. The minimum Gasteiger partial charge on any atom is -0.321 e. The normalized spacial score (nSPS) is 21.4. The molecule has 0 aliphatic carbocycles. The standard InChI is InChI=1S/C15H23N5O2S/c1-15(2,3)7-12(21)19-10-23-8-11(19)13(22)18-5-4-6-20-14(18)16-9-17-20/h9,11H,4-8,10H2,1-3H3/t11-/m0/s1. The average molecular weight is 337 g/mol. The van der Waals surface area contributed by atoms with E-state index in [-0.39, 0.29) is 17.2 Å². The molecule has 2 aliphatic heterocycles. The summed E-state index contributed by atoms with van der Waals surface area (Å²) in [7, 11) is 0. The Balaban J connectivity index is 1.76. The lowest BCUT2D eigenvalue weighted by Crippen LogP contribution is -2.51. The maximum absolute atomic E-state index is 13.0. The molecule has 1 fully saturated rings. The molecule has 0 bridgehead atoms. The Morgan fingerprint density at radius 1 is 1.35 bits per heavy atom. The number of rotatable bonds is 2. The van der Waals surface area contributed by atoms with Crippen LogP contribution < -0.4 is 4.90 Å². The lowest BCUT2D eigenvalue weighted by molar-refractivity contribution is -0.138. The number of anilines is 1. The molecule has 8 heteroatoms.